The molecule has 1 unspecified atom stereocenters. The van der Waals surface area contributed by atoms with Gasteiger partial charge in [-0.1, -0.05) is 102 Å². The second kappa shape index (κ2) is 16.0. The molecule has 7 heteroatoms. The summed E-state index contributed by atoms with van der Waals surface area (Å²) in [5, 5.41) is 0.625. The molecule has 2 aromatic rings. The van der Waals surface area contributed by atoms with Gasteiger partial charge in [0, 0.05) is 13.0 Å². The molecule has 1 aliphatic rings. The summed E-state index contributed by atoms with van der Waals surface area (Å²) in [6.07, 6.45) is 15.6. The Morgan fingerprint density at radius 1 is 0.946 bits per heavy atom. The van der Waals surface area contributed by atoms with Crippen LogP contribution < -0.4 is 4.90 Å². The zero-order chi connectivity index (χ0) is 26.5. The fourth-order valence-electron chi connectivity index (χ4n) is 4.89. The van der Waals surface area contributed by atoms with E-state index in [0.717, 1.165) is 55.2 Å². The number of aromatic nitrogens is 1. The molecule has 37 heavy (non-hydrogen) atoms. The van der Waals surface area contributed by atoms with Gasteiger partial charge in [-0.3, -0.25) is 4.79 Å². The third kappa shape index (κ3) is 8.98. The van der Waals surface area contributed by atoms with E-state index in [1.54, 1.807) is 4.90 Å². The first-order valence-corrected chi connectivity index (χ1v) is 15.6. The number of ether oxygens (including phenoxy) is 1. The van der Waals surface area contributed by atoms with Crippen molar-refractivity contribution in [3.05, 3.63) is 23.8 Å². The summed E-state index contributed by atoms with van der Waals surface area (Å²) < 4.78 is 6.96. The lowest BCUT2D eigenvalue weighted by Gasteiger charge is -2.20. The fraction of sp³-hybridized carbons (Fsp3) is 0.700. The summed E-state index contributed by atoms with van der Waals surface area (Å²) in [5.74, 6) is -0.220. The van der Waals surface area contributed by atoms with Crippen molar-refractivity contribution in [3.63, 3.8) is 0 Å². The molecule has 0 N–H and O–H groups in total. The first kappa shape index (κ1) is 29.4. The molecule has 2 heterocycles. The van der Waals surface area contributed by atoms with E-state index in [1.165, 1.54) is 61.8 Å². The number of fused-ring (bicyclic) bond motifs is 1. The molecule has 1 aromatic heterocycles. The minimum Gasteiger partial charge on any atom is -0.439 e. The molecule has 1 aliphatic heterocycles. The van der Waals surface area contributed by atoms with Crippen LogP contribution in [0.4, 0.5) is 9.93 Å². The molecule has 206 valence electrons. The number of benzene rings is 1. The maximum absolute atomic E-state index is 13.5. The maximum Gasteiger partial charge on any atom is 0.329 e. The molecule has 3 rings (SSSR count). The van der Waals surface area contributed by atoms with Gasteiger partial charge >= 0.3 is 12.0 Å². The average Bonchev–Trinajstić information content (AvgIpc) is 3.44. The van der Waals surface area contributed by atoms with Crippen LogP contribution in [0.3, 0.4) is 0 Å². The van der Waals surface area contributed by atoms with E-state index in [4.69, 9.17) is 9.72 Å². The first-order valence-electron chi connectivity index (χ1n) is 14.7. The van der Waals surface area contributed by atoms with E-state index < -0.39 is 6.23 Å². The number of nitrogens with zero attached hydrogens (tertiary/aromatic N) is 3. The minimum absolute atomic E-state index is 0.101. The zero-order valence-corrected chi connectivity index (χ0v) is 24.1. The van der Waals surface area contributed by atoms with Crippen LogP contribution in [0, 0.1) is 0 Å². The highest BCUT2D eigenvalue weighted by Gasteiger charge is 2.42. The van der Waals surface area contributed by atoms with Crippen molar-refractivity contribution in [2.45, 2.75) is 123 Å². The van der Waals surface area contributed by atoms with Crippen LogP contribution in [0.1, 0.15) is 116 Å². The number of esters is 1. The minimum atomic E-state index is -0.615. The predicted molar refractivity (Wildman–Crippen MR) is 154 cm³/mol. The van der Waals surface area contributed by atoms with Gasteiger partial charge in [0.15, 0.2) is 5.13 Å². The van der Waals surface area contributed by atoms with E-state index >= 15 is 0 Å². The lowest BCUT2D eigenvalue weighted by Crippen LogP contribution is -2.37. The molecule has 1 fully saturated rings. The van der Waals surface area contributed by atoms with E-state index in [-0.39, 0.29) is 12.0 Å². The van der Waals surface area contributed by atoms with Crippen molar-refractivity contribution in [3.8, 4) is 0 Å². The zero-order valence-electron chi connectivity index (χ0n) is 23.3. The Bertz CT molecular complexity index is 976. The third-order valence-electron chi connectivity index (χ3n) is 7.14. The molecule has 6 nitrogen and oxygen atoms in total. The van der Waals surface area contributed by atoms with Crippen molar-refractivity contribution in [1.82, 2.24) is 9.88 Å². The summed E-state index contributed by atoms with van der Waals surface area (Å²) in [7, 11) is 0. The average molecular weight is 530 g/mol. The third-order valence-corrected chi connectivity index (χ3v) is 8.18. The van der Waals surface area contributed by atoms with Crippen LogP contribution in [0.15, 0.2) is 18.2 Å². The van der Waals surface area contributed by atoms with Gasteiger partial charge in [-0.25, -0.2) is 14.7 Å². The van der Waals surface area contributed by atoms with Crippen molar-refractivity contribution < 1.29 is 14.3 Å². The Labute approximate surface area is 227 Å². The topological polar surface area (TPSA) is 62.7 Å². The Kier molecular flexibility index (Phi) is 12.7. The molecule has 0 spiro atoms. The highest BCUT2D eigenvalue weighted by molar-refractivity contribution is 7.22. The van der Waals surface area contributed by atoms with Crippen molar-refractivity contribution in [2.24, 2.45) is 0 Å². The fourth-order valence-corrected chi connectivity index (χ4v) is 5.87. The van der Waals surface area contributed by atoms with Gasteiger partial charge in [0.25, 0.3) is 0 Å². The molecular weight excluding hydrogens is 482 g/mol. The van der Waals surface area contributed by atoms with Crippen LogP contribution in [-0.2, 0) is 16.0 Å². The second-order valence-electron chi connectivity index (χ2n) is 10.4. The van der Waals surface area contributed by atoms with Gasteiger partial charge in [-0.15, -0.1) is 0 Å². The molecule has 1 atom stereocenters. The van der Waals surface area contributed by atoms with E-state index in [2.05, 4.69) is 39.0 Å². The molecule has 0 saturated carbocycles. The number of anilines is 1. The van der Waals surface area contributed by atoms with Gasteiger partial charge in [-0.2, -0.15) is 0 Å². The molecule has 0 bridgehead atoms. The number of rotatable bonds is 18. The summed E-state index contributed by atoms with van der Waals surface area (Å²) in [4.78, 5) is 34.5. The smallest absolute Gasteiger partial charge is 0.329 e. The van der Waals surface area contributed by atoms with Crippen LogP contribution in [0.5, 0.6) is 0 Å². The predicted octanol–water partition coefficient (Wildman–Crippen LogP) is 8.47. The SMILES string of the molecule is CCCCCCCC(=O)OC1CN(CCCCCC)C(=O)N1c1nc2cc(CCCCCC)ccc2s1. The van der Waals surface area contributed by atoms with Crippen molar-refractivity contribution in [1.29, 1.82) is 0 Å². The summed E-state index contributed by atoms with van der Waals surface area (Å²) in [5.41, 5.74) is 2.21. The number of hydrogen-bond donors (Lipinski definition) is 0. The van der Waals surface area contributed by atoms with Gasteiger partial charge in [0.05, 0.1) is 16.8 Å². The maximum atomic E-state index is 13.5. The lowest BCUT2D eigenvalue weighted by atomic mass is 10.1. The van der Waals surface area contributed by atoms with Crippen molar-refractivity contribution in [2.75, 3.05) is 18.0 Å². The normalized spacial score (nSPS) is 15.8. The largest absolute Gasteiger partial charge is 0.439 e. The van der Waals surface area contributed by atoms with Crippen molar-refractivity contribution >= 4 is 38.7 Å². The molecule has 2 amide bonds. The van der Waals surface area contributed by atoms with Crippen LogP contribution in [0.2, 0.25) is 0 Å². The number of amides is 2. The van der Waals surface area contributed by atoms with Crippen LogP contribution >= 0.6 is 11.3 Å². The number of unbranched alkanes of at least 4 members (excludes halogenated alkanes) is 10. The van der Waals surface area contributed by atoms with Gasteiger partial charge in [0.1, 0.15) is 0 Å². The monoisotopic (exact) mass is 529 g/mol. The lowest BCUT2D eigenvalue weighted by molar-refractivity contribution is -0.148. The Hall–Kier alpha value is -2.15. The summed E-state index contributed by atoms with van der Waals surface area (Å²) in [6, 6.07) is 6.35. The summed E-state index contributed by atoms with van der Waals surface area (Å²) in [6.45, 7) is 7.69. The van der Waals surface area contributed by atoms with Gasteiger partial charge < -0.3 is 9.64 Å². The van der Waals surface area contributed by atoms with Crippen LogP contribution in [0.25, 0.3) is 10.2 Å². The highest BCUT2D eigenvalue weighted by Crippen LogP contribution is 2.34. The Morgan fingerprint density at radius 3 is 2.35 bits per heavy atom. The second-order valence-corrected chi connectivity index (χ2v) is 11.4. The standard InChI is InChI=1S/C30H47N3O3S/c1-4-7-10-13-15-18-28(34)36-27-23-32(21-16-12-9-6-3)30(35)33(27)29-31-25-22-24(17-14-11-8-5-2)19-20-26(25)37-29/h19-20,22,27H,4-18,21,23H2,1-3H3. The number of carbonyl (C=O) groups is 2. The van der Waals surface area contributed by atoms with Gasteiger partial charge in [0.2, 0.25) is 6.23 Å². The quantitative estimate of drug-likeness (QED) is 0.143. The molecule has 1 saturated heterocycles. The number of thiazole rings is 1. The number of aryl methyl sites for hydroxylation is 1. The Balaban J connectivity index is 1.70. The van der Waals surface area contributed by atoms with E-state index in [1.807, 2.05) is 4.90 Å². The van der Waals surface area contributed by atoms with E-state index in [9.17, 15) is 9.59 Å². The molecule has 0 aliphatic carbocycles. The van der Waals surface area contributed by atoms with Crippen LogP contribution in [-0.4, -0.2) is 41.2 Å². The Morgan fingerprint density at radius 2 is 1.62 bits per heavy atom. The van der Waals surface area contributed by atoms with E-state index in [0.29, 0.717) is 24.6 Å². The first-order chi connectivity index (χ1) is 18.1. The number of hydrogen-bond acceptors (Lipinski definition) is 5. The number of urea groups is 1. The number of carbonyl (C=O) groups excluding carboxylic acids is 2. The highest BCUT2D eigenvalue weighted by atomic mass is 32.1. The molecular formula is C30H47N3O3S. The molecule has 1 aromatic carbocycles. The van der Waals surface area contributed by atoms with Gasteiger partial charge in [-0.05, 0) is 43.4 Å². The molecule has 0 radical (unpaired) electrons. The summed E-state index contributed by atoms with van der Waals surface area (Å²) >= 11 is 1.51.